The van der Waals surface area contributed by atoms with E-state index in [2.05, 4.69) is 125 Å². The Morgan fingerprint density at radius 1 is 0.326 bits per heavy atom. The third-order valence-electron chi connectivity index (χ3n) is 8.93. The topological polar surface area (TPSA) is 38.7 Å². The summed E-state index contributed by atoms with van der Waals surface area (Å²) in [6.45, 7) is 0. The molecular weight excluding hydrogens is 558 g/mol. The van der Waals surface area contributed by atoms with Crippen LogP contribution >= 0.6 is 0 Å². The normalized spacial score (nSPS) is 11.5. The molecule has 0 aliphatic rings. The molecule has 0 atom stereocenters. The van der Waals surface area contributed by atoms with Gasteiger partial charge in [0, 0.05) is 12.4 Å². The van der Waals surface area contributed by atoms with Gasteiger partial charge < -0.3 is 0 Å². The quantitative estimate of drug-likeness (QED) is 0.189. The highest BCUT2D eigenvalue weighted by Gasteiger charge is 2.14. The predicted octanol–water partition coefficient (Wildman–Crippen LogP) is 11.1. The van der Waals surface area contributed by atoms with Crippen LogP contribution in [0, 0.1) is 0 Å². The molecule has 0 unspecified atom stereocenters. The first kappa shape index (κ1) is 26.2. The maximum Gasteiger partial charge on any atom is 0.0900 e. The molecule has 9 aromatic rings. The van der Waals surface area contributed by atoms with Crippen molar-refractivity contribution in [1.82, 2.24) is 15.0 Å². The molecule has 0 spiro atoms. The highest BCUT2D eigenvalue weighted by atomic mass is 14.8. The Morgan fingerprint density at radius 2 is 0.891 bits per heavy atom. The average Bonchev–Trinajstić information content (AvgIpc) is 3.14. The van der Waals surface area contributed by atoms with Gasteiger partial charge >= 0.3 is 0 Å². The van der Waals surface area contributed by atoms with E-state index in [1.165, 1.54) is 54.6 Å². The van der Waals surface area contributed by atoms with Gasteiger partial charge in [0.1, 0.15) is 0 Å². The molecular formula is C43H27N3. The van der Waals surface area contributed by atoms with Crippen LogP contribution in [0.3, 0.4) is 0 Å². The maximum atomic E-state index is 4.93. The summed E-state index contributed by atoms with van der Waals surface area (Å²) >= 11 is 0. The average molecular weight is 586 g/mol. The number of hydrogen-bond donors (Lipinski definition) is 0. The lowest BCUT2D eigenvalue weighted by molar-refractivity contribution is 1.22. The van der Waals surface area contributed by atoms with Crippen LogP contribution in [0.4, 0.5) is 0 Å². The van der Waals surface area contributed by atoms with E-state index in [1.54, 1.807) is 12.4 Å². The maximum absolute atomic E-state index is 4.93. The van der Waals surface area contributed by atoms with Gasteiger partial charge in [0.25, 0.3) is 0 Å². The van der Waals surface area contributed by atoms with Crippen molar-refractivity contribution < 1.29 is 0 Å². The fourth-order valence-corrected chi connectivity index (χ4v) is 6.70. The number of benzene rings is 6. The summed E-state index contributed by atoms with van der Waals surface area (Å²) in [5.74, 6) is 0. The van der Waals surface area contributed by atoms with Gasteiger partial charge in [-0.1, -0.05) is 109 Å². The Labute approximate surface area is 266 Å². The highest BCUT2D eigenvalue weighted by molar-refractivity contribution is 6.25. The highest BCUT2D eigenvalue weighted by Crippen LogP contribution is 2.40. The van der Waals surface area contributed by atoms with E-state index >= 15 is 0 Å². The van der Waals surface area contributed by atoms with Crippen molar-refractivity contribution in [3.8, 4) is 56.2 Å². The van der Waals surface area contributed by atoms with Crippen molar-refractivity contribution in [2.24, 2.45) is 0 Å². The third-order valence-corrected chi connectivity index (χ3v) is 8.93. The molecule has 0 bridgehead atoms. The zero-order valence-electron chi connectivity index (χ0n) is 24.9. The zero-order valence-corrected chi connectivity index (χ0v) is 24.9. The molecule has 0 saturated carbocycles. The first-order valence-corrected chi connectivity index (χ1v) is 15.5. The number of nitrogens with zero attached hydrogens (tertiary/aromatic N) is 3. The van der Waals surface area contributed by atoms with Crippen molar-refractivity contribution in [1.29, 1.82) is 0 Å². The number of pyridine rings is 3. The zero-order chi connectivity index (χ0) is 30.5. The van der Waals surface area contributed by atoms with Crippen LogP contribution in [0.2, 0.25) is 0 Å². The molecule has 9 rings (SSSR count). The van der Waals surface area contributed by atoms with Crippen LogP contribution in [-0.4, -0.2) is 15.0 Å². The summed E-state index contributed by atoms with van der Waals surface area (Å²) in [6.07, 6.45) is 3.60. The first-order valence-electron chi connectivity index (χ1n) is 15.5. The Morgan fingerprint density at radius 3 is 1.54 bits per heavy atom. The van der Waals surface area contributed by atoms with Gasteiger partial charge in [-0.15, -0.1) is 0 Å². The lowest BCUT2D eigenvalue weighted by Gasteiger charge is -2.15. The number of hydrogen-bond acceptors (Lipinski definition) is 3. The Kier molecular flexibility index (Phi) is 6.14. The molecule has 0 radical (unpaired) electrons. The standard InChI is InChI=1S/C43H27N3/c1-3-23-44-38(11-1)40-26-35(27-41(46-40)39-12-2-4-24-45-39)29-15-13-28(14-16-29)33-9-6-10-34(25-33)36-21-19-32-18-17-30-7-5-8-31-20-22-37(36)43(32)42(30)31/h1-27H. The second-order valence-electron chi connectivity index (χ2n) is 11.7. The van der Waals surface area contributed by atoms with E-state index in [-0.39, 0.29) is 0 Å². The fourth-order valence-electron chi connectivity index (χ4n) is 6.70. The van der Waals surface area contributed by atoms with Gasteiger partial charge in [0.2, 0.25) is 0 Å². The second kappa shape index (κ2) is 10.8. The van der Waals surface area contributed by atoms with E-state index < -0.39 is 0 Å². The SMILES string of the molecule is c1ccc(-c2cc(-c3ccc(-c4cccc(-c5ccc6ccc7cccc8ccc5c6c78)c4)cc3)cc(-c3ccccn3)n2)nc1. The van der Waals surface area contributed by atoms with Crippen molar-refractivity contribution in [2.45, 2.75) is 0 Å². The van der Waals surface area contributed by atoms with E-state index in [4.69, 9.17) is 4.98 Å². The van der Waals surface area contributed by atoms with Gasteiger partial charge in [-0.2, -0.15) is 0 Å². The molecule has 3 heteroatoms. The first-order chi connectivity index (χ1) is 22.8. The summed E-state index contributed by atoms with van der Waals surface area (Å²) in [5.41, 5.74) is 10.3. The van der Waals surface area contributed by atoms with E-state index in [9.17, 15) is 0 Å². The van der Waals surface area contributed by atoms with Gasteiger partial charge in [0.05, 0.1) is 22.8 Å². The minimum atomic E-state index is 0.823. The van der Waals surface area contributed by atoms with Gasteiger partial charge in [-0.3, -0.25) is 9.97 Å². The molecule has 6 aromatic carbocycles. The molecule has 0 N–H and O–H groups in total. The van der Waals surface area contributed by atoms with E-state index in [0.717, 1.165) is 33.9 Å². The molecule has 0 aliphatic carbocycles. The van der Waals surface area contributed by atoms with E-state index in [1.807, 2.05) is 36.4 Å². The van der Waals surface area contributed by atoms with Crippen LogP contribution in [-0.2, 0) is 0 Å². The predicted molar refractivity (Wildman–Crippen MR) is 191 cm³/mol. The smallest absolute Gasteiger partial charge is 0.0900 e. The Hall–Kier alpha value is -6.19. The largest absolute Gasteiger partial charge is 0.255 e. The van der Waals surface area contributed by atoms with Crippen molar-refractivity contribution in [2.75, 3.05) is 0 Å². The molecule has 0 amide bonds. The van der Waals surface area contributed by atoms with Crippen LogP contribution in [0.5, 0.6) is 0 Å². The number of aromatic nitrogens is 3. The van der Waals surface area contributed by atoms with Crippen molar-refractivity contribution in [3.63, 3.8) is 0 Å². The van der Waals surface area contributed by atoms with Crippen LogP contribution in [0.15, 0.2) is 164 Å². The Bertz CT molecular complexity index is 2430. The third kappa shape index (κ3) is 4.49. The van der Waals surface area contributed by atoms with Gasteiger partial charge in [-0.25, -0.2) is 4.98 Å². The molecule has 3 nitrogen and oxygen atoms in total. The summed E-state index contributed by atoms with van der Waals surface area (Å²) in [4.78, 5) is 14.1. The molecule has 214 valence electrons. The second-order valence-corrected chi connectivity index (χ2v) is 11.7. The van der Waals surface area contributed by atoms with Crippen LogP contribution in [0.1, 0.15) is 0 Å². The lowest BCUT2D eigenvalue weighted by atomic mass is 9.89. The molecule has 0 aliphatic heterocycles. The molecule has 0 saturated heterocycles. The number of rotatable bonds is 5. The molecule has 3 heterocycles. The summed E-state index contributed by atoms with van der Waals surface area (Å²) in [6, 6.07) is 53.8. The van der Waals surface area contributed by atoms with Gasteiger partial charge in [-0.05, 0) is 108 Å². The van der Waals surface area contributed by atoms with Crippen LogP contribution in [0.25, 0.3) is 88.5 Å². The van der Waals surface area contributed by atoms with Crippen LogP contribution < -0.4 is 0 Å². The summed E-state index contributed by atoms with van der Waals surface area (Å²) < 4.78 is 0. The molecule has 46 heavy (non-hydrogen) atoms. The molecule has 0 fully saturated rings. The van der Waals surface area contributed by atoms with Crippen molar-refractivity contribution >= 4 is 32.3 Å². The summed E-state index contributed by atoms with van der Waals surface area (Å²) in [7, 11) is 0. The van der Waals surface area contributed by atoms with Crippen molar-refractivity contribution in [3.05, 3.63) is 164 Å². The monoisotopic (exact) mass is 585 g/mol. The summed E-state index contributed by atoms with van der Waals surface area (Å²) in [5, 5.41) is 7.84. The molecule has 3 aromatic heterocycles. The fraction of sp³-hybridized carbons (Fsp3) is 0. The lowest BCUT2D eigenvalue weighted by Crippen LogP contribution is -1.94. The van der Waals surface area contributed by atoms with Gasteiger partial charge in [0.15, 0.2) is 0 Å². The minimum Gasteiger partial charge on any atom is -0.255 e. The van der Waals surface area contributed by atoms with E-state index in [0.29, 0.717) is 0 Å². The minimum absolute atomic E-state index is 0.823. The Balaban J connectivity index is 1.11.